The molecule has 2 rings (SSSR count). The monoisotopic (exact) mass is 392 g/mol. The van der Waals surface area contributed by atoms with Crippen LogP contribution in [0.15, 0.2) is 30.5 Å². The van der Waals surface area contributed by atoms with Gasteiger partial charge in [0, 0.05) is 35.0 Å². The zero-order valence-electron chi connectivity index (χ0n) is 16.8. The molecule has 1 atom stereocenters. The van der Waals surface area contributed by atoms with E-state index in [0.717, 1.165) is 5.69 Å². The number of methoxy groups -OCH3 is 1. The van der Waals surface area contributed by atoms with E-state index in [1.807, 2.05) is 13.8 Å². The molecule has 0 bridgehead atoms. The Morgan fingerprint density at radius 3 is 2.52 bits per heavy atom. The molecule has 0 saturated heterocycles. The first-order valence-corrected chi connectivity index (χ1v) is 9.41. The summed E-state index contributed by atoms with van der Waals surface area (Å²) < 4.78 is 11.3. The second-order valence-electron chi connectivity index (χ2n) is 7.95. The lowest BCUT2D eigenvalue weighted by atomic mass is 9.95. The zero-order valence-corrected chi connectivity index (χ0v) is 17.6. The number of aromatic nitrogens is 1. The molecule has 0 unspecified atom stereocenters. The summed E-state index contributed by atoms with van der Waals surface area (Å²) in [7, 11) is 1.53. The van der Waals surface area contributed by atoms with Gasteiger partial charge >= 0.3 is 0 Å². The number of rotatable bonds is 7. The summed E-state index contributed by atoms with van der Waals surface area (Å²) in [6.45, 7) is 11.0. The number of aliphatic hydroxyl groups is 1. The predicted octanol–water partition coefficient (Wildman–Crippen LogP) is 5.07. The standard InChI is InChI=1S/C21H29ClN2O3/c1-13(2)27-17-11-14(22)10-16(18(17)24-12-21(3,4)5)19(25)15-8-7-9-23-20(15)26-6/h7-11,13,19,24-25H,12H2,1-6H3/t19-/m1/s1. The van der Waals surface area contributed by atoms with Crippen LogP contribution in [-0.4, -0.2) is 29.8 Å². The van der Waals surface area contributed by atoms with Crippen LogP contribution in [0.1, 0.15) is 51.8 Å². The molecule has 5 nitrogen and oxygen atoms in total. The summed E-state index contributed by atoms with van der Waals surface area (Å²) in [6, 6.07) is 7.06. The van der Waals surface area contributed by atoms with Crippen LogP contribution >= 0.6 is 11.6 Å². The Morgan fingerprint density at radius 1 is 1.22 bits per heavy atom. The highest BCUT2D eigenvalue weighted by molar-refractivity contribution is 6.31. The molecule has 0 fully saturated rings. The molecule has 27 heavy (non-hydrogen) atoms. The van der Waals surface area contributed by atoms with Crippen molar-refractivity contribution < 1.29 is 14.6 Å². The van der Waals surface area contributed by atoms with Gasteiger partial charge in [0.05, 0.1) is 18.9 Å². The second-order valence-corrected chi connectivity index (χ2v) is 8.39. The molecule has 0 saturated carbocycles. The van der Waals surface area contributed by atoms with E-state index in [-0.39, 0.29) is 11.5 Å². The Morgan fingerprint density at radius 2 is 1.93 bits per heavy atom. The number of halogens is 1. The van der Waals surface area contributed by atoms with Crippen molar-refractivity contribution in [1.82, 2.24) is 4.98 Å². The summed E-state index contributed by atoms with van der Waals surface area (Å²) in [5, 5.41) is 15.1. The molecule has 0 radical (unpaired) electrons. The minimum absolute atomic E-state index is 0.0309. The van der Waals surface area contributed by atoms with Gasteiger partial charge in [-0.2, -0.15) is 0 Å². The molecule has 1 aromatic carbocycles. The first kappa shape index (κ1) is 21.3. The van der Waals surface area contributed by atoms with Crippen molar-refractivity contribution in [2.24, 2.45) is 5.41 Å². The van der Waals surface area contributed by atoms with E-state index in [1.54, 1.807) is 30.5 Å². The van der Waals surface area contributed by atoms with E-state index >= 15 is 0 Å². The third-order valence-corrected chi connectivity index (χ3v) is 4.06. The van der Waals surface area contributed by atoms with Crippen molar-refractivity contribution in [2.45, 2.75) is 46.8 Å². The van der Waals surface area contributed by atoms with E-state index < -0.39 is 6.10 Å². The van der Waals surface area contributed by atoms with Crippen molar-refractivity contribution >= 4 is 17.3 Å². The molecule has 0 amide bonds. The quantitative estimate of drug-likeness (QED) is 0.688. The van der Waals surface area contributed by atoms with Crippen LogP contribution < -0.4 is 14.8 Å². The molecular formula is C21H29ClN2O3. The molecule has 2 aromatic rings. The Kier molecular flexibility index (Phi) is 6.95. The van der Waals surface area contributed by atoms with Gasteiger partial charge in [0.2, 0.25) is 5.88 Å². The van der Waals surface area contributed by atoms with Crippen LogP contribution in [0.25, 0.3) is 0 Å². The fourth-order valence-corrected chi connectivity index (χ4v) is 2.87. The minimum Gasteiger partial charge on any atom is -0.489 e. The van der Waals surface area contributed by atoms with Crippen molar-refractivity contribution in [2.75, 3.05) is 19.0 Å². The number of benzene rings is 1. The van der Waals surface area contributed by atoms with Crippen LogP contribution in [0, 0.1) is 5.41 Å². The topological polar surface area (TPSA) is 63.6 Å². The molecular weight excluding hydrogens is 364 g/mol. The van der Waals surface area contributed by atoms with Gasteiger partial charge < -0.3 is 19.9 Å². The fourth-order valence-electron chi connectivity index (χ4n) is 2.66. The van der Waals surface area contributed by atoms with Crippen molar-refractivity contribution in [1.29, 1.82) is 0 Å². The number of anilines is 1. The van der Waals surface area contributed by atoms with E-state index in [4.69, 9.17) is 21.1 Å². The smallest absolute Gasteiger partial charge is 0.219 e. The average molecular weight is 393 g/mol. The van der Waals surface area contributed by atoms with Gasteiger partial charge in [-0.15, -0.1) is 0 Å². The summed E-state index contributed by atoms with van der Waals surface area (Å²) in [6.07, 6.45) is 0.625. The number of pyridine rings is 1. The maximum atomic E-state index is 11.1. The van der Waals surface area contributed by atoms with Crippen LogP contribution in [0.3, 0.4) is 0 Å². The fraction of sp³-hybridized carbons (Fsp3) is 0.476. The first-order valence-electron chi connectivity index (χ1n) is 9.03. The lowest BCUT2D eigenvalue weighted by molar-refractivity contribution is 0.211. The molecule has 0 aliphatic rings. The lowest BCUT2D eigenvalue weighted by Gasteiger charge is -2.26. The highest BCUT2D eigenvalue weighted by Crippen LogP contribution is 2.40. The number of ether oxygens (including phenoxy) is 2. The van der Waals surface area contributed by atoms with E-state index in [2.05, 4.69) is 31.1 Å². The van der Waals surface area contributed by atoms with Gasteiger partial charge in [0.25, 0.3) is 0 Å². The van der Waals surface area contributed by atoms with Crippen molar-refractivity contribution in [3.8, 4) is 11.6 Å². The highest BCUT2D eigenvalue weighted by atomic mass is 35.5. The minimum atomic E-state index is -0.968. The number of hydrogen-bond donors (Lipinski definition) is 2. The van der Waals surface area contributed by atoms with E-state index in [1.165, 1.54) is 7.11 Å². The van der Waals surface area contributed by atoms with E-state index in [9.17, 15) is 5.11 Å². The first-order chi connectivity index (χ1) is 12.6. The van der Waals surface area contributed by atoms with E-state index in [0.29, 0.717) is 34.3 Å². The normalized spacial score (nSPS) is 12.8. The molecule has 6 heteroatoms. The highest BCUT2D eigenvalue weighted by Gasteiger charge is 2.24. The molecule has 0 aliphatic heterocycles. The van der Waals surface area contributed by atoms with Gasteiger partial charge in [-0.1, -0.05) is 32.4 Å². The SMILES string of the molecule is COc1ncccc1[C@@H](O)c1cc(Cl)cc(OC(C)C)c1NCC(C)(C)C. The third kappa shape index (κ3) is 5.75. The van der Waals surface area contributed by atoms with Crippen LogP contribution in [0.2, 0.25) is 5.02 Å². The summed E-state index contributed by atoms with van der Waals surface area (Å²) in [5.41, 5.74) is 1.95. The maximum absolute atomic E-state index is 11.1. The molecule has 0 spiro atoms. The van der Waals surface area contributed by atoms with Gasteiger partial charge in [-0.05, 0) is 37.5 Å². The molecule has 0 aliphatic carbocycles. The Labute approximate surface area is 166 Å². The van der Waals surface area contributed by atoms with Gasteiger partial charge in [-0.3, -0.25) is 0 Å². The Balaban J connectivity index is 2.56. The summed E-state index contributed by atoms with van der Waals surface area (Å²) >= 11 is 6.33. The van der Waals surface area contributed by atoms with Crippen LogP contribution in [-0.2, 0) is 0 Å². The number of nitrogens with zero attached hydrogens (tertiary/aromatic N) is 1. The van der Waals surface area contributed by atoms with Crippen LogP contribution in [0.5, 0.6) is 11.6 Å². The average Bonchev–Trinajstić information content (AvgIpc) is 2.58. The number of aliphatic hydroxyl groups excluding tert-OH is 1. The van der Waals surface area contributed by atoms with Gasteiger partial charge in [-0.25, -0.2) is 4.98 Å². The largest absolute Gasteiger partial charge is 0.489 e. The predicted molar refractivity (Wildman–Crippen MR) is 110 cm³/mol. The van der Waals surface area contributed by atoms with Crippen LogP contribution in [0.4, 0.5) is 5.69 Å². The molecule has 1 aromatic heterocycles. The van der Waals surface area contributed by atoms with Crippen molar-refractivity contribution in [3.05, 3.63) is 46.6 Å². The number of nitrogens with one attached hydrogen (secondary N) is 1. The molecule has 148 valence electrons. The summed E-state index contributed by atoms with van der Waals surface area (Å²) in [4.78, 5) is 4.19. The third-order valence-electron chi connectivity index (χ3n) is 3.84. The molecule has 1 heterocycles. The van der Waals surface area contributed by atoms with Gasteiger partial charge in [0.1, 0.15) is 11.9 Å². The van der Waals surface area contributed by atoms with Crippen molar-refractivity contribution in [3.63, 3.8) is 0 Å². The second kappa shape index (κ2) is 8.81. The van der Waals surface area contributed by atoms with Gasteiger partial charge in [0.15, 0.2) is 0 Å². The Hall–Kier alpha value is -1.98. The lowest BCUT2D eigenvalue weighted by Crippen LogP contribution is -2.21. The summed E-state index contributed by atoms with van der Waals surface area (Å²) in [5.74, 6) is 0.983. The number of hydrogen-bond acceptors (Lipinski definition) is 5. The molecule has 2 N–H and O–H groups in total. The maximum Gasteiger partial charge on any atom is 0.219 e. The Bertz CT molecular complexity index is 773. The zero-order chi connectivity index (χ0) is 20.2.